The Morgan fingerprint density at radius 2 is 1.70 bits per heavy atom. The number of amides is 1. The first-order valence-electron chi connectivity index (χ1n) is 6.78. The lowest BCUT2D eigenvalue weighted by Crippen LogP contribution is -2.21. The lowest BCUT2D eigenvalue weighted by atomic mass is 10.1. The van der Waals surface area contributed by atoms with E-state index in [9.17, 15) is 4.79 Å². The van der Waals surface area contributed by atoms with Gasteiger partial charge in [0.2, 0.25) is 0 Å². The van der Waals surface area contributed by atoms with Crippen LogP contribution >= 0.6 is 0 Å². The van der Waals surface area contributed by atoms with Gasteiger partial charge in [-0.1, -0.05) is 24.3 Å². The summed E-state index contributed by atoms with van der Waals surface area (Å²) in [6, 6.07) is 15.5. The van der Waals surface area contributed by atoms with Crippen molar-refractivity contribution in [1.29, 1.82) is 0 Å². The number of nitrogens with two attached hydrogens (primary N) is 1. The van der Waals surface area contributed by atoms with E-state index in [1.165, 1.54) is 0 Å². The molecule has 2 aromatic rings. The zero-order valence-corrected chi connectivity index (χ0v) is 11.2. The number of anilines is 3. The van der Waals surface area contributed by atoms with E-state index < -0.39 is 0 Å². The van der Waals surface area contributed by atoms with E-state index in [0.29, 0.717) is 12.1 Å². The first-order valence-corrected chi connectivity index (χ1v) is 6.78. The Balaban J connectivity index is 2.15. The Kier molecular flexibility index (Phi) is 3.39. The molecule has 4 heteroatoms. The van der Waals surface area contributed by atoms with Crippen LogP contribution in [-0.4, -0.2) is 19.0 Å². The Hall–Kier alpha value is -2.33. The number of para-hydroxylation sites is 3. The van der Waals surface area contributed by atoms with Gasteiger partial charge in [-0.3, -0.25) is 4.79 Å². The second-order valence-corrected chi connectivity index (χ2v) is 4.78. The first-order chi connectivity index (χ1) is 9.81. The van der Waals surface area contributed by atoms with Crippen molar-refractivity contribution >= 4 is 23.0 Å². The predicted octanol–water partition coefficient (Wildman–Crippen LogP) is 2.74. The van der Waals surface area contributed by atoms with Crippen LogP contribution in [0.25, 0.3) is 0 Å². The molecule has 0 aromatic heterocycles. The molecule has 0 bridgehead atoms. The molecule has 102 valence electrons. The molecule has 1 aliphatic rings. The monoisotopic (exact) mass is 267 g/mol. The first kappa shape index (κ1) is 12.7. The van der Waals surface area contributed by atoms with Crippen molar-refractivity contribution in [3.63, 3.8) is 0 Å². The van der Waals surface area contributed by atoms with Crippen LogP contribution in [0.4, 0.5) is 17.1 Å². The number of fused-ring (bicyclic) bond motifs is 2. The average molecular weight is 267 g/mol. The Morgan fingerprint density at radius 1 is 1.00 bits per heavy atom. The maximum atomic E-state index is 12.3. The largest absolute Gasteiger partial charge is 0.339 e. The second-order valence-electron chi connectivity index (χ2n) is 4.78. The summed E-state index contributed by atoms with van der Waals surface area (Å²) in [5, 5.41) is 2.97. The van der Waals surface area contributed by atoms with E-state index in [2.05, 4.69) is 10.2 Å². The zero-order chi connectivity index (χ0) is 13.9. The van der Waals surface area contributed by atoms with Crippen LogP contribution < -0.4 is 16.0 Å². The Labute approximate surface area is 118 Å². The molecule has 0 saturated carbocycles. The topological polar surface area (TPSA) is 58.4 Å². The molecule has 20 heavy (non-hydrogen) atoms. The summed E-state index contributed by atoms with van der Waals surface area (Å²) in [5.41, 5.74) is 9.12. The molecule has 0 radical (unpaired) electrons. The van der Waals surface area contributed by atoms with Crippen LogP contribution in [-0.2, 0) is 0 Å². The normalized spacial score (nSPS) is 13.2. The minimum Gasteiger partial charge on any atom is -0.339 e. The summed E-state index contributed by atoms with van der Waals surface area (Å²) in [7, 11) is 0. The molecule has 0 atom stereocenters. The molecule has 0 fully saturated rings. The molecule has 3 N–H and O–H groups in total. The van der Waals surface area contributed by atoms with Crippen molar-refractivity contribution in [3.05, 3.63) is 54.1 Å². The van der Waals surface area contributed by atoms with Gasteiger partial charge in [0, 0.05) is 6.54 Å². The van der Waals surface area contributed by atoms with Crippen LogP contribution in [0.5, 0.6) is 0 Å². The molecule has 2 aromatic carbocycles. The molecule has 0 aliphatic carbocycles. The minimum absolute atomic E-state index is 0.0664. The molecule has 1 heterocycles. The van der Waals surface area contributed by atoms with Gasteiger partial charge in [0.05, 0.1) is 22.6 Å². The van der Waals surface area contributed by atoms with Crippen molar-refractivity contribution in [2.24, 2.45) is 5.73 Å². The van der Waals surface area contributed by atoms with Crippen LogP contribution in [0.3, 0.4) is 0 Å². The number of hydrogen-bond donors (Lipinski definition) is 2. The standard InChI is InChI=1S/C16H17N3O/c17-10-5-11-19-14-8-3-1-6-12(14)16(20)18-13-7-2-4-9-15(13)19/h1-4,6-9H,5,10-11,17H2,(H,18,20). The lowest BCUT2D eigenvalue weighted by Gasteiger charge is -2.25. The van der Waals surface area contributed by atoms with Gasteiger partial charge in [-0.15, -0.1) is 0 Å². The van der Waals surface area contributed by atoms with Crippen LogP contribution in [0.15, 0.2) is 48.5 Å². The van der Waals surface area contributed by atoms with Crippen LogP contribution in [0.1, 0.15) is 16.8 Å². The Morgan fingerprint density at radius 3 is 2.50 bits per heavy atom. The fraction of sp³-hybridized carbons (Fsp3) is 0.188. The number of benzene rings is 2. The van der Waals surface area contributed by atoms with Gasteiger partial charge in [-0.2, -0.15) is 0 Å². The van der Waals surface area contributed by atoms with Gasteiger partial charge in [-0.25, -0.2) is 0 Å². The van der Waals surface area contributed by atoms with Crippen LogP contribution in [0.2, 0.25) is 0 Å². The van der Waals surface area contributed by atoms with Gasteiger partial charge < -0.3 is 16.0 Å². The molecule has 0 unspecified atom stereocenters. The zero-order valence-electron chi connectivity index (χ0n) is 11.2. The van der Waals surface area contributed by atoms with E-state index >= 15 is 0 Å². The molecule has 4 nitrogen and oxygen atoms in total. The number of rotatable bonds is 3. The van der Waals surface area contributed by atoms with Gasteiger partial charge in [-0.05, 0) is 37.2 Å². The highest BCUT2D eigenvalue weighted by Crippen LogP contribution is 2.37. The van der Waals surface area contributed by atoms with E-state index in [4.69, 9.17) is 5.73 Å². The summed E-state index contributed by atoms with van der Waals surface area (Å²) in [5.74, 6) is -0.0664. The fourth-order valence-electron chi connectivity index (χ4n) is 2.53. The number of nitrogens with one attached hydrogen (secondary N) is 1. The third kappa shape index (κ3) is 2.14. The number of carbonyl (C=O) groups is 1. The van der Waals surface area contributed by atoms with E-state index in [0.717, 1.165) is 30.0 Å². The molecular weight excluding hydrogens is 250 g/mol. The van der Waals surface area contributed by atoms with Gasteiger partial charge in [0.15, 0.2) is 0 Å². The summed E-state index contributed by atoms with van der Waals surface area (Å²) in [6.45, 7) is 1.42. The summed E-state index contributed by atoms with van der Waals surface area (Å²) < 4.78 is 0. The van der Waals surface area contributed by atoms with Crippen molar-refractivity contribution in [1.82, 2.24) is 0 Å². The van der Waals surface area contributed by atoms with Gasteiger partial charge in [0.1, 0.15) is 0 Å². The van der Waals surface area contributed by atoms with Crippen LogP contribution in [0, 0.1) is 0 Å². The molecule has 3 rings (SSSR count). The Bertz CT molecular complexity index is 639. The van der Waals surface area contributed by atoms with E-state index in [1.807, 2.05) is 48.5 Å². The summed E-state index contributed by atoms with van der Waals surface area (Å²) in [4.78, 5) is 14.5. The third-order valence-corrected chi connectivity index (χ3v) is 3.47. The summed E-state index contributed by atoms with van der Waals surface area (Å²) in [6.07, 6.45) is 0.872. The minimum atomic E-state index is -0.0664. The molecule has 1 amide bonds. The fourth-order valence-corrected chi connectivity index (χ4v) is 2.53. The van der Waals surface area contributed by atoms with E-state index in [-0.39, 0.29) is 5.91 Å². The molecular formula is C16H17N3O. The highest BCUT2D eigenvalue weighted by atomic mass is 16.1. The second kappa shape index (κ2) is 5.35. The summed E-state index contributed by atoms with van der Waals surface area (Å²) >= 11 is 0. The maximum Gasteiger partial charge on any atom is 0.257 e. The van der Waals surface area contributed by atoms with Crippen molar-refractivity contribution in [2.75, 3.05) is 23.3 Å². The highest BCUT2D eigenvalue weighted by Gasteiger charge is 2.23. The number of carbonyl (C=O) groups excluding carboxylic acids is 1. The highest BCUT2D eigenvalue weighted by molar-refractivity contribution is 6.12. The number of nitrogens with zero attached hydrogens (tertiary/aromatic N) is 1. The number of hydrogen-bond acceptors (Lipinski definition) is 3. The SMILES string of the molecule is NCCCN1c2ccccc2NC(=O)c2ccccc21. The molecule has 1 aliphatic heterocycles. The molecule has 0 spiro atoms. The lowest BCUT2D eigenvalue weighted by molar-refractivity contribution is 0.102. The smallest absolute Gasteiger partial charge is 0.257 e. The predicted molar refractivity (Wildman–Crippen MR) is 81.5 cm³/mol. The molecule has 0 saturated heterocycles. The maximum absolute atomic E-state index is 12.3. The van der Waals surface area contributed by atoms with Gasteiger partial charge >= 0.3 is 0 Å². The van der Waals surface area contributed by atoms with E-state index in [1.54, 1.807) is 0 Å². The van der Waals surface area contributed by atoms with Crippen molar-refractivity contribution in [2.45, 2.75) is 6.42 Å². The quantitative estimate of drug-likeness (QED) is 0.899. The average Bonchev–Trinajstić information content (AvgIpc) is 2.60. The third-order valence-electron chi connectivity index (χ3n) is 3.47. The van der Waals surface area contributed by atoms with Crippen molar-refractivity contribution in [3.8, 4) is 0 Å². The van der Waals surface area contributed by atoms with Crippen molar-refractivity contribution < 1.29 is 4.79 Å². The van der Waals surface area contributed by atoms with Gasteiger partial charge in [0.25, 0.3) is 5.91 Å².